The molecular weight excluding hydrogens is 408 g/mol. The summed E-state index contributed by atoms with van der Waals surface area (Å²) in [5.74, 6) is -1.26. The van der Waals surface area contributed by atoms with Crippen LogP contribution in [0.1, 0.15) is 41.6 Å². The van der Waals surface area contributed by atoms with Crippen LogP contribution in [0.15, 0.2) is 29.2 Å². The molecule has 1 aromatic carbocycles. The minimum atomic E-state index is -0.635. The third-order valence-corrected chi connectivity index (χ3v) is 6.03. The number of hydrogen-bond donors (Lipinski definition) is 2. The van der Waals surface area contributed by atoms with Gasteiger partial charge in [-0.25, -0.2) is 4.79 Å². The number of rotatable bonds is 6. The van der Waals surface area contributed by atoms with E-state index in [0.717, 1.165) is 15.3 Å². The van der Waals surface area contributed by atoms with Crippen LogP contribution in [0.25, 0.3) is 0 Å². The van der Waals surface area contributed by atoms with Crippen molar-refractivity contribution in [3.63, 3.8) is 0 Å². The van der Waals surface area contributed by atoms with E-state index in [-0.39, 0.29) is 5.91 Å². The summed E-state index contributed by atoms with van der Waals surface area (Å²) in [5.41, 5.74) is 1.07. The lowest BCUT2D eigenvalue weighted by Gasteiger charge is -2.17. The van der Waals surface area contributed by atoms with E-state index in [1.165, 1.54) is 11.3 Å². The molecule has 0 saturated carbocycles. The van der Waals surface area contributed by atoms with Crippen LogP contribution in [0.4, 0.5) is 10.7 Å². The Morgan fingerprint density at radius 2 is 1.83 bits per heavy atom. The van der Waals surface area contributed by atoms with Gasteiger partial charge in [0.25, 0.3) is 5.91 Å². The highest BCUT2D eigenvalue weighted by Crippen LogP contribution is 2.34. The van der Waals surface area contributed by atoms with Crippen molar-refractivity contribution in [2.75, 3.05) is 23.5 Å². The summed E-state index contributed by atoms with van der Waals surface area (Å²) in [4.78, 5) is 39.1. The molecule has 0 aliphatic carbocycles. The van der Waals surface area contributed by atoms with Gasteiger partial charge in [-0.2, -0.15) is 0 Å². The Balaban J connectivity index is 2.06. The molecule has 0 spiro atoms. The molecule has 0 unspecified atom stereocenters. The van der Waals surface area contributed by atoms with Gasteiger partial charge in [-0.3, -0.25) is 9.59 Å². The van der Waals surface area contributed by atoms with Gasteiger partial charge in [0.1, 0.15) is 5.00 Å². The van der Waals surface area contributed by atoms with Crippen LogP contribution in [0.2, 0.25) is 0 Å². The Kier molecular flexibility index (Phi) is 7.48. The minimum absolute atomic E-state index is 0.195. The number of hydrogen-bond acceptors (Lipinski definition) is 6. The number of esters is 1. The summed E-state index contributed by atoms with van der Waals surface area (Å²) in [7, 11) is 0. The standard InChI is InChI=1S/C21H26N2O4S2/c1-12-13(2)29-18(23-20(26)21(3,4)5)17(12)19(25)27-11-16(24)22-14-8-7-9-15(10-14)28-6/h7-10H,11H2,1-6H3,(H,22,24)(H,23,26). The third kappa shape index (κ3) is 6.08. The Bertz CT molecular complexity index is 929. The van der Waals surface area contributed by atoms with Crippen molar-refractivity contribution in [3.8, 4) is 0 Å². The van der Waals surface area contributed by atoms with Crippen molar-refractivity contribution < 1.29 is 19.1 Å². The summed E-state index contributed by atoms with van der Waals surface area (Å²) in [6.07, 6.45) is 1.95. The highest BCUT2D eigenvalue weighted by Gasteiger charge is 2.27. The van der Waals surface area contributed by atoms with Gasteiger partial charge in [0.2, 0.25) is 5.91 Å². The van der Waals surface area contributed by atoms with Gasteiger partial charge in [-0.15, -0.1) is 23.1 Å². The van der Waals surface area contributed by atoms with Crippen molar-refractivity contribution >= 4 is 51.6 Å². The molecule has 2 aromatic rings. The molecule has 0 aliphatic heterocycles. The van der Waals surface area contributed by atoms with Gasteiger partial charge in [0, 0.05) is 20.9 Å². The Morgan fingerprint density at radius 1 is 1.14 bits per heavy atom. The van der Waals surface area contributed by atoms with Crippen LogP contribution in [0.5, 0.6) is 0 Å². The number of thiophene rings is 1. The summed E-state index contributed by atoms with van der Waals surface area (Å²) in [6, 6.07) is 7.40. The molecular formula is C21H26N2O4S2. The molecule has 2 rings (SSSR count). The average Bonchev–Trinajstić information content (AvgIpc) is 2.92. The molecule has 0 fully saturated rings. The van der Waals surface area contributed by atoms with Crippen molar-refractivity contribution in [1.29, 1.82) is 0 Å². The number of aryl methyl sites for hydroxylation is 1. The molecule has 0 aliphatic rings. The van der Waals surface area contributed by atoms with E-state index in [4.69, 9.17) is 4.74 Å². The molecule has 0 radical (unpaired) electrons. The maximum absolute atomic E-state index is 12.6. The van der Waals surface area contributed by atoms with E-state index in [2.05, 4.69) is 10.6 Å². The maximum Gasteiger partial charge on any atom is 0.341 e. The zero-order valence-electron chi connectivity index (χ0n) is 17.5. The number of carbonyl (C=O) groups excluding carboxylic acids is 3. The van der Waals surface area contributed by atoms with Crippen LogP contribution in [-0.2, 0) is 14.3 Å². The lowest BCUT2D eigenvalue weighted by Crippen LogP contribution is -2.28. The minimum Gasteiger partial charge on any atom is -0.452 e. The van der Waals surface area contributed by atoms with Gasteiger partial charge in [-0.1, -0.05) is 26.8 Å². The number of carbonyl (C=O) groups is 3. The number of anilines is 2. The first-order valence-electron chi connectivity index (χ1n) is 9.05. The third-order valence-electron chi connectivity index (χ3n) is 4.19. The Hall–Kier alpha value is -2.32. The van der Waals surface area contributed by atoms with E-state index in [0.29, 0.717) is 16.3 Å². The zero-order chi connectivity index (χ0) is 21.8. The van der Waals surface area contributed by atoms with Gasteiger partial charge in [0.15, 0.2) is 6.61 Å². The predicted molar refractivity (Wildman–Crippen MR) is 119 cm³/mol. The first kappa shape index (κ1) is 23.0. The predicted octanol–water partition coefficient (Wildman–Crippen LogP) is 4.87. The zero-order valence-corrected chi connectivity index (χ0v) is 19.1. The second-order valence-electron chi connectivity index (χ2n) is 7.55. The van der Waals surface area contributed by atoms with Gasteiger partial charge in [0.05, 0.1) is 5.56 Å². The van der Waals surface area contributed by atoms with Gasteiger partial charge in [-0.05, 0) is 43.9 Å². The molecule has 156 valence electrons. The van der Waals surface area contributed by atoms with Crippen molar-refractivity contribution in [2.45, 2.75) is 39.5 Å². The van der Waals surface area contributed by atoms with E-state index in [1.54, 1.807) is 45.5 Å². The summed E-state index contributed by atoms with van der Waals surface area (Å²) in [6.45, 7) is 8.64. The molecule has 0 saturated heterocycles. The quantitative estimate of drug-likeness (QED) is 0.501. The van der Waals surface area contributed by atoms with Crippen LogP contribution in [0.3, 0.4) is 0 Å². The Morgan fingerprint density at radius 3 is 2.45 bits per heavy atom. The molecule has 6 nitrogen and oxygen atoms in total. The molecule has 1 aromatic heterocycles. The fourth-order valence-corrected chi connectivity index (χ4v) is 3.86. The number of thioether (sulfide) groups is 1. The molecule has 2 N–H and O–H groups in total. The average molecular weight is 435 g/mol. The Labute approximate surface area is 179 Å². The topological polar surface area (TPSA) is 84.5 Å². The fraction of sp³-hybridized carbons (Fsp3) is 0.381. The molecule has 1 heterocycles. The lowest BCUT2D eigenvalue weighted by molar-refractivity contribution is -0.123. The first-order chi connectivity index (χ1) is 13.5. The highest BCUT2D eigenvalue weighted by atomic mass is 32.2. The number of nitrogens with one attached hydrogen (secondary N) is 2. The number of benzene rings is 1. The van der Waals surface area contributed by atoms with E-state index >= 15 is 0 Å². The monoisotopic (exact) mass is 434 g/mol. The van der Waals surface area contributed by atoms with Crippen molar-refractivity contribution in [1.82, 2.24) is 0 Å². The van der Waals surface area contributed by atoms with Crippen LogP contribution < -0.4 is 10.6 Å². The molecule has 8 heteroatoms. The first-order valence-corrected chi connectivity index (χ1v) is 11.1. The second kappa shape index (κ2) is 9.45. The largest absolute Gasteiger partial charge is 0.452 e. The van der Waals surface area contributed by atoms with Crippen LogP contribution in [-0.4, -0.2) is 30.6 Å². The summed E-state index contributed by atoms with van der Waals surface area (Å²) in [5, 5.41) is 5.97. The molecule has 2 amide bonds. The number of ether oxygens (including phenoxy) is 1. The normalized spacial score (nSPS) is 11.1. The smallest absolute Gasteiger partial charge is 0.341 e. The number of amides is 2. The van der Waals surface area contributed by atoms with Crippen molar-refractivity contribution in [2.24, 2.45) is 5.41 Å². The van der Waals surface area contributed by atoms with Crippen molar-refractivity contribution in [3.05, 3.63) is 40.3 Å². The SMILES string of the molecule is CSc1cccc(NC(=O)COC(=O)c2c(NC(=O)C(C)(C)C)sc(C)c2C)c1. The van der Waals surface area contributed by atoms with Crippen LogP contribution >= 0.6 is 23.1 Å². The molecule has 29 heavy (non-hydrogen) atoms. The molecule has 0 bridgehead atoms. The fourth-order valence-electron chi connectivity index (χ4n) is 2.35. The van der Waals surface area contributed by atoms with E-state index < -0.39 is 23.9 Å². The summed E-state index contributed by atoms with van der Waals surface area (Å²) < 4.78 is 5.22. The lowest BCUT2D eigenvalue weighted by atomic mass is 9.96. The maximum atomic E-state index is 12.6. The van der Waals surface area contributed by atoms with Gasteiger partial charge >= 0.3 is 5.97 Å². The second-order valence-corrected chi connectivity index (χ2v) is 9.65. The highest BCUT2D eigenvalue weighted by molar-refractivity contribution is 7.98. The van der Waals surface area contributed by atoms with Gasteiger partial charge < -0.3 is 15.4 Å². The van der Waals surface area contributed by atoms with E-state index in [1.807, 2.05) is 31.4 Å². The molecule has 0 atom stereocenters. The van der Waals surface area contributed by atoms with E-state index in [9.17, 15) is 14.4 Å². The van der Waals surface area contributed by atoms with Crippen LogP contribution in [0, 0.1) is 19.3 Å². The summed E-state index contributed by atoms with van der Waals surface area (Å²) >= 11 is 2.89.